The van der Waals surface area contributed by atoms with Gasteiger partial charge in [-0.1, -0.05) is 13.2 Å². The molecular formula is C18H18O10. The largest absolute Gasteiger partial charge is 0.435 e. The number of hydrogen-bond acceptors (Lipinski definition) is 10. The molecule has 0 aliphatic rings. The Hall–Kier alpha value is -3.50. The predicted octanol–water partition coefficient (Wildman–Crippen LogP) is 0.904. The molecule has 0 fully saturated rings. The molecule has 10 nitrogen and oxygen atoms in total. The van der Waals surface area contributed by atoms with E-state index in [9.17, 15) is 19.2 Å². The molecule has 0 radical (unpaired) electrons. The third-order valence-corrected chi connectivity index (χ3v) is 2.63. The van der Waals surface area contributed by atoms with Crippen molar-refractivity contribution in [3.63, 3.8) is 0 Å². The summed E-state index contributed by atoms with van der Waals surface area (Å²) in [6.45, 7) is 4.71. The highest BCUT2D eigenvalue weighted by Gasteiger charge is 2.09. The number of ether oxygens (including phenoxy) is 6. The minimum absolute atomic E-state index is 0.184. The Morgan fingerprint density at radius 3 is 1.39 bits per heavy atom. The molecule has 0 spiro atoms. The molecule has 0 saturated carbocycles. The molecule has 1 aromatic carbocycles. The zero-order valence-electron chi connectivity index (χ0n) is 14.8. The maximum atomic E-state index is 11.6. The van der Waals surface area contributed by atoms with Gasteiger partial charge in [-0.05, 0) is 24.3 Å². The Kier molecular flexibility index (Phi) is 10.3. The minimum atomic E-state index is -0.720. The first kappa shape index (κ1) is 22.5. The van der Waals surface area contributed by atoms with Gasteiger partial charge in [0, 0.05) is 12.2 Å². The van der Waals surface area contributed by atoms with Crippen LogP contribution in [0.15, 0.2) is 49.6 Å². The lowest BCUT2D eigenvalue weighted by atomic mass is 10.3. The van der Waals surface area contributed by atoms with Crippen LogP contribution in [-0.2, 0) is 38.1 Å². The van der Waals surface area contributed by atoms with Crippen molar-refractivity contribution in [3.05, 3.63) is 49.6 Å². The van der Waals surface area contributed by atoms with Crippen LogP contribution in [0.25, 0.3) is 0 Å². The fourth-order valence-electron chi connectivity index (χ4n) is 1.46. The highest BCUT2D eigenvalue weighted by molar-refractivity contribution is 5.81. The van der Waals surface area contributed by atoms with Crippen molar-refractivity contribution in [2.24, 2.45) is 0 Å². The van der Waals surface area contributed by atoms with Gasteiger partial charge >= 0.3 is 23.9 Å². The van der Waals surface area contributed by atoms with Gasteiger partial charge in [-0.3, -0.25) is 0 Å². The van der Waals surface area contributed by atoms with Crippen LogP contribution in [0.3, 0.4) is 0 Å². The van der Waals surface area contributed by atoms with Crippen LogP contribution in [0.1, 0.15) is 0 Å². The average molecular weight is 394 g/mol. The smallest absolute Gasteiger partial charge is 0.337 e. The molecular weight excluding hydrogens is 376 g/mol. The summed E-state index contributed by atoms with van der Waals surface area (Å²) < 4.78 is 28.6. The highest BCUT2D eigenvalue weighted by Crippen LogP contribution is 2.18. The van der Waals surface area contributed by atoms with Crippen molar-refractivity contribution < 1.29 is 47.6 Å². The SMILES string of the molecule is C=CC(=O)OCOCC(=O)Oc1ccc(OC(=O)COCOC(=O)C=C)cc1. The van der Waals surface area contributed by atoms with Gasteiger partial charge in [0.05, 0.1) is 0 Å². The van der Waals surface area contributed by atoms with Gasteiger partial charge in [0.15, 0.2) is 13.6 Å². The van der Waals surface area contributed by atoms with Crippen LogP contribution in [-0.4, -0.2) is 50.7 Å². The molecule has 1 aromatic rings. The third kappa shape index (κ3) is 9.85. The molecule has 10 heteroatoms. The molecule has 0 amide bonds. The number of carbonyl (C=O) groups excluding carboxylic acids is 4. The Morgan fingerprint density at radius 2 is 1.07 bits per heavy atom. The zero-order chi connectivity index (χ0) is 20.8. The van der Waals surface area contributed by atoms with Gasteiger partial charge in [-0.15, -0.1) is 0 Å². The lowest BCUT2D eigenvalue weighted by molar-refractivity contribution is -0.157. The Bertz CT molecular complexity index is 647. The van der Waals surface area contributed by atoms with Crippen LogP contribution in [0.5, 0.6) is 11.5 Å². The van der Waals surface area contributed by atoms with E-state index in [-0.39, 0.29) is 11.5 Å². The molecule has 0 saturated heterocycles. The van der Waals surface area contributed by atoms with E-state index in [1.165, 1.54) is 24.3 Å². The second-order valence-corrected chi connectivity index (χ2v) is 4.69. The number of benzene rings is 1. The Morgan fingerprint density at radius 1 is 0.714 bits per heavy atom. The van der Waals surface area contributed by atoms with Crippen molar-refractivity contribution in [3.8, 4) is 11.5 Å². The lowest BCUT2D eigenvalue weighted by Crippen LogP contribution is -2.18. The van der Waals surface area contributed by atoms with E-state index in [2.05, 4.69) is 22.6 Å². The molecule has 0 heterocycles. The highest BCUT2D eigenvalue weighted by atomic mass is 16.7. The summed E-state index contributed by atoms with van der Waals surface area (Å²) in [6.07, 6.45) is 1.92. The number of hydrogen-bond donors (Lipinski definition) is 0. The van der Waals surface area contributed by atoms with Crippen LogP contribution in [0.4, 0.5) is 0 Å². The van der Waals surface area contributed by atoms with Crippen molar-refractivity contribution >= 4 is 23.9 Å². The zero-order valence-corrected chi connectivity index (χ0v) is 14.8. The Balaban J connectivity index is 2.28. The average Bonchev–Trinajstić information content (AvgIpc) is 2.69. The van der Waals surface area contributed by atoms with Crippen molar-refractivity contribution in [2.45, 2.75) is 0 Å². The van der Waals surface area contributed by atoms with Gasteiger partial charge in [-0.25, -0.2) is 19.2 Å². The normalized spacial score (nSPS) is 9.71. The summed E-state index contributed by atoms with van der Waals surface area (Å²) in [6, 6.07) is 5.58. The second-order valence-electron chi connectivity index (χ2n) is 4.69. The molecule has 0 aromatic heterocycles. The van der Waals surface area contributed by atoms with Gasteiger partial charge in [0.1, 0.15) is 24.7 Å². The van der Waals surface area contributed by atoms with E-state index < -0.39 is 50.7 Å². The quantitative estimate of drug-likeness (QED) is 0.166. The monoisotopic (exact) mass is 394 g/mol. The molecule has 150 valence electrons. The van der Waals surface area contributed by atoms with E-state index in [4.69, 9.17) is 18.9 Å². The first-order valence-corrected chi connectivity index (χ1v) is 7.70. The van der Waals surface area contributed by atoms with Crippen LogP contribution >= 0.6 is 0 Å². The fourth-order valence-corrected chi connectivity index (χ4v) is 1.46. The van der Waals surface area contributed by atoms with Crippen molar-refractivity contribution in [2.75, 3.05) is 26.8 Å². The number of carbonyl (C=O) groups is 4. The first-order chi connectivity index (χ1) is 13.4. The number of rotatable bonds is 12. The summed E-state index contributed by atoms with van der Waals surface area (Å²) in [5, 5.41) is 0. The standard InChI is InChI=1S/C18H18O10/c1-3-15(19)25-11-23-9-17(21)27-13-5-7-14(8-6-13)28-18(22)10-24-12-26-16(20)4-2/h3-8H,1-2,9-12H2. The van der Waals surface area contributed by atoms with Gasteiger partial charge < -0.3 is 28.4 Å². The number of esters is 4. The maximum Gasteiger partial charge on any atom is 0.337 e. The molecule has 1 rings (SSSR count). The summed E-state index contributed by atoms with van der Waals surface area (Å²) in [5.74, 6) is -2.43. The van der Waals surface area contributed by atoms with Crippen LogP contribution < -0.4 is 9.47 Å². The lowest BCUT2D eigenvalue weighted by Gasteiger charge is -2.08. The first-order valence-electron chi connectivity index (χ1n) is 7.70. The van der Waals surface area contributed by atoms with Crippen LogP contribution in [0, 0.1) is 0 Å². The molecule has 0 unspecified atom stereocenters. The Labute approximate surface area is 160 Å². The maximum absolute atomic E-state index is 11.6. The molecule has 0 aliphatic carbocycles. The van der Waals surface area contributed by atoms with Crippen LogP contribution in [0.2, 0.25) is 0 Å². The van der Waals surface area contributed by atoms with Gasteiger partial charge in [0.2, 0.25) is 0 Å². The van der Waals surface area contributed by atoms with Crippen molar-refractivity contribution in [1.82, 2.24) is 0 Å². The molecule has 0 bridgehead atoms. The van der Waals surface area contributed by atoms with Crippen molar-refractivity contribution in [1.29, 1.82) is 0 Å². The molecule has 0 atom stereocenters. The van der Waals surface area contributed by atoms with E-state index in [1.807, 2.05) is 0 Å². The predicted molar refractivity (Wildman–Crippen MR) is 91.9 cm³/mol. The van der Waals surface area contributed by atoms with E-state index in [1.54, 1.807) is 0 Å². The second kappa shape index (κ2) is 12.8. The van der Waals surface area contributed by atoms with E-state index in [0.717, 1.165) is 12.2 Å². The van der Waals surface area contributed by atoms with Gasteiger partial charge in [-0.2, -0.15) is 0 Å². The van der Waals surface area contributed by atoms with E-state index in [0.29, 0.717) is 0 Å². The molecule has 28 heavy (non-hydrogen) atoms. The summed E-state index contributed by atoms with van der Waals surface area (Å²) in [4.78, 5) is 44.6. The molecule has 0 aliphatic heterocycles. The van der Waals surface area contributed by atoms with Gasteiger partial charge in [0.25, 0.3) is 0 Å². The summed E-state index contributed by atoms with van der Waals surface area (Å²) >= 11 is 0. The summed E-state index contributed by atoms with van der Waals surface area (Å²) in [5.41, 5.74) is 0. The minimum Gasteiger partial charge on any atom is -0.435 e. The topological polar surface area (TPSA) is 124 Å². The molecule has 0 N–H and O–H groups in total. The third-order valence-electron chi connectivity index (χ3n) is 2.63. The van der Waals surface area contributed by atoms with E-state index >= 15 is 0 Å². The summed E-state index contributed by atoms with van der Waals surface area (Å²) in [7, 11) is 0. The fraction of sp³-hybridized carbons (Fsp3) is 0.222.